The summed E-state index contributed by atoms with van der Waals surface area (Å²) >= 11 is 0. The fourth-order valence-corrected chi connectivity index (χ4v) is 4.48. The van der Waals surface area contributed by atoms with E-state index in [-0.39, 0.29) is 18.1 Å². The van der Waals surface area contributed by atoms with Crippen molar-refractivity contribution in [2.24, 2.45) is 0 Å². The van der Waals surface area contributed by atoms with Gasteiger partial charge in [-0.1, -0.05) is 6.07 Å². The average Bonchev–Trinajstić information content (AvgIpc) is 2.79. The summed E-state index contributed by atoms with van der Waals surface area (Å²) < 4.78 is 11.0. The summed E-state index contributed by atoms with van der Waals surface area (Å²) in [5.74, 6) is 0.797. The highest BCUT2D eigenvalue weighted by molar-refractivity contribution is 5.86. The molecule has 1 unspecified atom stereocenters. The number of pyridine rings is 1. The summed E-state index contributed by atoms with van der Waals surface area (Å²) in [6, 6.07) is 9.63. The van der Waals surface area contributed by atoms with Crippen LogP contribution in [0.5, 0.6) is 5.75 Å². The monoisotopic (exact) mass is 411 g/mol. The van der Waals surface area contributed by atoms with Crippen molar-refractivity contribution >= 4 is 22.9 Å². The van der Waals surface area contributed by atoms with Gasteiger partial charge in [-0.25, -0.2) is 4.79 Å². The van der Waals surface area contributed by atoms with Gasteiger partial charge in [0.25, 0.3) is 0 Å². The molecule has 1 aliphatic heterocycles. The number of methoxy groups -OCH3 is 1. The predicted molar refractivity (Wildman–Crippen MR) is 113 cm³/mol. The van der Waals surface area contributed by atoms with Crippen LogP contribution in [-0.2, 0) is 9.53 Å². The number of aromatic nitrogens is 1. The minimum atomic E-state index is -0.425. The zero-order valence-corrected chi connectivity index (χ0v) is 17.4. The van der Waals surface area contributed by atoms with Crippen molar-refractivity contribution in [3.05, 3.63) is 36.5 Å². The first kappa shape index (κ1) is 20.4. The van der Waals surface area contributed by atoms with Gasteiger partial charge in [-0.3, -0.25) is 14.7 Å². The van der Waals surface area contributed by atoms with Gasteiger partial charge < -0.3 is 14.8 Å². The first-order valence-corrected chi connectivity index (χ1v) is 10.8. The lowest BCUT2D eigenvalue weighted by molar-refractivity contribution is -0.128. The number of fused-ring (bicyclic) bond motifs is 1. The summed E-state index contributed by atoms with van der Waals surface area (Å²) in [6.45, 7) is 0.576. The van der Waals surface area contributed by atoms with E-state index in [9.17, 15) is 9.59 Å². The minimum Gasteiger partial charge on any atom is -0.490 e. The number of benzene rings is 1. The minimum absolute atomic E-state index is 0.0634. The van der Waals surface area contributed by atoms with Gasteiger partial charge in [-0.15, -0.1) is 0 Å². The molecule has 30 heavy (non-hydrogen) atoms. The van der Waals surface area contributed by atoms with Crippen molar-refractivity contribution in [2.75, 3.05) is 13.7 Å². The Morgan fingerprint density at radius 1 is 1.10 bits per heavy atom. The van der Waals surface area contributed by atoms with Crippen LogP contribution in [0.15, 0.2) is 36.5 Å². The largest absolute Gasteiger partial charge is 0.490 e. The number of amides is 2. The zero-order chi connectivity index (χ0) is 20.9. The molecule has 1 aromatic carbocycles. The molecule has 0 spiro atoms. The van der Waals surface area contributed by atoms with Crippen LogP contribution in [0.25, 0.3) is 10.9 Å². The molecule has 2 fully saturated rings. The molecule has 160 valence electrons. The lowest BCUT2D eigenvalue weighted by Crippen LogP contribution is -2.54. The molecule has 7 heteroatoms. The molecule has 1 saturated carbocycles. The predicted octanol–water partition coefficient (Wildman–Crippen LogP) is 3.66. The van der Waals surface area contributed by atoms with E-state index < -0.39 is 12.1 Å². The van der Waals surface area contributed by atoms with Crippen LogP contribution >= 0.6 is 0 Å². The molecule has 4 rings (SSSR count). The molecule has 1 aliphatic carbocycles. The van der Waals surface area contributed by atoms with E-state index >= 15 is 0 Å². The van der Waals surface area contributed by atoms with Crippen molar-refractivity contribution in [1.82, 2.24) is 15.2 Å². The lowest BCUT2D eigenvalue weighted by Gasteiger charge is -2.35. The lowest BCUT2D eigenvalue weighted by atomic mass is 9.92. The highest BCUT2D eigenvalue weighted by atomic mass is 16.5. The number of hydrogen-bond donors (Lipinski definition) is 1. The summed E-state index contributed by atoms with van der Waals surface area (Å²) in [5.41, 5.74) is 0.958. The van der Waals surface area contributed by atoms with Crippen molar-refractivity contribution in [3.63, 3.8) is 0 Å². The second kappa shape index (κ2) is 9.32. The highest BCUT2D eigenvalue weighted by Crippen LogP contribution is 2.26. The zero-order valence-electron chi connectivity index (χ0n) is 17.4. The third kappa shape index (κ3) is 4.66. The van der Waals surface area contributed by atoms with Crippen LogP contribution in [0, 0.1) is 0 Å². The Hall–Kier alpha value is -2.83. The van der Waals surface area contributed by atoms with Crippen molar-refractivity contribution < 1.29 is 19.1 Å². The van der Waals surface area contributed by atoms with Crippen LogP contribution in [0.2, 0.25) is 0 Å². The first-order chi connectivity index (χ1) is 14.6. The highest BCUT2D eigenvalue weighted by Gasteiger charge is 2.34. The third-order valence-electron chi connectivity index (χ3n) is 6.11. The van der Waals surface area contributed by atoms with Gasteiger partial charge >= 0.3 is 6.09 Å². The van der Waals surface area contributed by atoms with E-state index in [1.807, 2.05) is 30.3 Å². The summed E-state index contributed by atoms with van der Waals surface area (Å²) in [4.78, 5) is 30.7. The van der Waals surface area contributed by atoms with Crippen LogP contribution in [0.4, 0.5) is 4.79 Å². The fourth-order valence-electron chi connectivity index (χ4n) is 4.48. The van der Waals surface area contributed by atoms with Crippen molar-refractivity contribution in [2.45, 2.75) is 63.1 Å². The maximum absolute atomic E-state index is 12.8. The van der Waals surface area contributed by atoms with E-state index in [1.54, 1.807) is 11.1 Å². The molecule has 1 aromatic heterocycles. The van der Waals surface area contributed by atoms with E-state index in [2.05, 4.69) is 10.3 Å². The Morgan fingerprint density at radius 3 is 2.73 bits per heavy atom. The van der Waals surface area contributed by atoms with Crippen LogP contribution in [0.3, 0.4) is 0 Å². The normalized spacial score (nSPS) is 24.3. The van der Waals surface area contributed by atoms with Gasteiger partial charge in [0.2, 0.25) is 5.91 Å². The summed E-state index contributed by atoms with van der Waals surface area (Å²) in [6.07, 6.45) is 7.59. The quantitative estimate of drug-likeness (QED) is 0.830. The molecule has 2 amide bonds. The molecule has 0 bridgehead atoms. The van der Waals surface area contributed by atoms with Gasteiger partial charge in [0, 0.05) is 24.2 Å². The second-order valence-electron chi connectivity index (χ2n) is 8.13. The molecule has 2 aromatic rings. The number of piperidine rings is 1. The number of hydrogen-bond acceptors (Lipinski definition) is 5. The molecule has 1 N–H and O–H groups in total. The molecule has 1 saturated heterocycles. The van der Waals surface area contributed by atoms with Crippen molar-refractivity contribution in [3.8, 4) is 5.75 Å². The van der Waals surface area contributed by atoms with Crippen LogP contribution in [0.1, 0.15) is 44.9 Å². The van der Waals surface area contributed by atoms with E-state index in [1.165, 1.54) is 7.11 Å². The number of likely N-dealkylation sites (tertiary alicyclic amines) is 1. The molecule has 1 atom stereocenters. The van der Waals surface area contributed by atoms with Gasteiger partial charge in [0.05, 0.1) is 18.7 Å². The Balaban J connectivity index is 1.28. The van der Waals surface area contributed by atoms with Gasteiger partial charge in [0.15, 0.2) is 0 Å². The molecule has 0 radical (unpaired) electrons. The maximum atomic E-state index is 12.8. The molecular formula is C23H29N3O4. The summed E-state index contributed by atoms with van der Waals surface area (Å²) in [5, 5.41) is 4.22. The number of ether oxygens (including phenoxy) is 2. The molecule has 7 nitrogen and oxygen atoms in total. The SMILES string of the molecule is COC(=O)N1CCCCC1C(=O)NC1CCC(Oc2ccc3ncccc3c2)CC1. The first-order valence-electron chi connectivity index (χ1n) is 10.8. The van der Waals surface area contributed by atoms with E-state index in [4.69, 9.17) is 9.47 Å². The molecule has 2 heterocycles. The fraction of sp³-hybridized carbons (Fsp3) is 0.522. The maximum Gasteiger partial charge on any atom is 0.410 e. The Morgan fingerprint density at radius 2 is 1.93 bits per heavy atom. The Labute approximate surface area is 176 Å². The van der Waals surface area contributed by atoms with Crippen LogP contribution in [-0.4, -0.2) is 53.7 Å². The number of carbonyl (C=O) groups excluding carboxylic acids is 2. The second-order valence-corrected chi connectivity index (χ2v) is 8.13. The standard InChI is InChI=1S/C23H29N3O4/c1-29-23(28)26-14-3-2-6-21(26)22(27)25-17-7-9-18(10-8-17)30-19-11-12-20-16(15-19)5-4-13-24-20/h4-5,11-13,15,17-18,21H,2-3,6-10,14H2,1H3,(H,25,27). The van der Waals surface area contributed by atoms with Crippen molar-refractivity contribution in [1.29, 1.82) is 0 Å². The smallest absolute Gasteiger partial charge is 0.410 e. The van der Waals surface area contributed by atoms with E-state index in [0.717, 1.165) is 55.2 Å². The third-order valence-corrected chi connectivity index (χ3v) is 6.11. The Kier molecular flexibility index (Phi) is 6.35. The van der Waals surface area contributed by atoms with E-state index in [0.29, 0.717) is 13.0 Å². The van der Waals surface area contributed by atoms with Gasteiger partial charge in [-0.05, 0) is 69.2 Å². The number of rotatable bonds is 4. The number of carbonyl (C=O) groups is 2. The Bertz CT molecular complexity index is 895. The topological polar surface area (TPSA) is 80.8 Å². The summed E-state index contributed by atoms with van der Waals surface area (Å²) in [7, 11) is 1.36. The number of nitrogens with one attached hydrogen (secondary N) is 1. The van der Waals surface area contributed by atoms with Gasteiger partial charge in [0.1, 0.15) is 11.8 Å². The molecular weight excluding hydrogens is 382 g/mol. The number of nitrogens with zero attached hydrogens (tertiary/aromatic N) is 2. The molecule has 2 aliphatic rings. The average molecular weight is 412 g/mol. The van der Waals surface area contributed by atoms with Gasteiger partial charge in [-0.2, -0.15) is 0 Å². The van der Waals surface area contributed by atoms with Crippen LogP contribution < -0.4 is 10.1 Å².